The highest BCUT2D eigenvalue weighted by atomic mass is 32.1. The average molecular weight is 467 g/mol. The molecule has 0 saturated carbocycles. The maximum Gasteiger partial charge on any atom is 0.344 e. The van der Waals surface area contributed by atoms with Crippen LogP contribution in [0.1, 0.15) is 42.1 Å². The highest BCUT2D eigenvalue weighted by Crippen LogP contribution is 2.41. The number of oxime groups is 1. The van der Waals surface area contributed by atoms with Gasteiger partial charge in [-0.1, -0.05) is 54.1 Å². The number of amidine groups is 1. The largest absolute Gasteiger partial charge is 0.465 e. The first-order valence-electron chi connectivity index (χ1n) is 10.6. The third-order valence-corrected chi connectivity index (χ3v) is 6.79. The number of carbonyl (C=O) groups is 2. The molecule has 3 N–H and O–H groups in total. The summed E-state index contributed by atoms with van der Waals surface area (Å²) in [7, 11) is 3.15. The summed E-state index contributed by atoms with van der Waals surface area (Å²) in [5.74, 6) is -0.455. The first kappa shape index (κ1) is 24.2. The Balaban J connectivity index is 2.11. The van der Waals surface area contributed by atoms with Gasteiger partial charge in [0.25, 0.3) is 0 Å². The summed E-state index contributed by atoms with van der Waals surface area (Å²) in [6.07, 6.45) is 2.04. The molecule has 1 amide bonds. The van der Waals surface area contributed by atoms with Gasteiger partial charge in [-0.3, -0.25) is 0 Å². The monoisotopic (exact) mass is 466 g/mol. The van der Waals surface area contributed by atoms with Crippen LogP contribution >= 0.6 is 11.3 Å². The number of carbonyl (C=O) groups excluding carboxylic acids is 2. The minimum atomic E-state index is -0.469. The quantitative estimate of drug-likeness (QED) is 0.117. The maximum absolute atomic E-state index is 13.5. The Morgan fingerprint density at radius 2 is 1.79 bits per heavy atom. The van der Waals surface area contributed by atoms with Gasteiger partial charge in [-0.25, -0.2) is 9.59 Å². The average Bonchev–Trinajstić information content (AvgIpc) is 3.36. The van der Waals surface area contributed by atoms with E-state index in [2.05, 4.69) is 5.16 Å². The van der Waals surface area contributed by atoms with Crippen LogP contribution in [0.15, 0.2) is 65.1 Å². The minimum Gasteiger partial charge on any atom is -0.465 e. The molecule has 2 aromatic carbocycles. The summed E-state index contributed by atoms with van der Waals surface area (Å²) in [4.78, 5) is 25.9. The fourth-order valence-electron chi connectivity index (χ4n) is 3.79. The lowest BCUT2D eigenvalue weighted by Gasteiger charge is -2.30. The van der Waals surface area contributed by atoms with Crippen molar-refractivity contribution in [1.82, 2.24) is 4.48 Å². The van der Waals surface area contributed by atoms with E-state index in [1.165, 1.54) is 18.4 Å². The van der Waals surface area contributed by atoms with Crippen LogP contribution in [0.4, 0.5) is 10.7 Å². The summed E-state index contributed by atoms with van der Waals surface area (Å²) >= 11 is 1.36. The molecule has 33 heavy (non-hydrogen) atoms. The van der Waals surface area contributed by atoms with E-state index in [0.29, 0.717) is 22.5 Å². The number of ether oxygens (including phenoxy) is 1. The zero-order chi connectivity index (χ0) is 24.0. The van der Waals surface area contributed by atoms with Gasteiger partial charge in [-0.05, 0) is 41.1 Å². The highest BCUT2D eigenvalue weighted by Gasteiger charge is 2.41. The van der Waals surface area contributed by atoms with Crippen molar-refractivity contribution in [1.29, 1.82) is 0 Å². The van der Waals surface area contributed by atoms with Crippen LogP contribution < -0.4 is 10.2 Å². The van der Waals surface area contributed by atoms with Crippen molar-refractivity contribution in [3.05, 3.63) is 71.1 Å². The zero-order valence-electron chi connectivity index (χ0n) is 18.9. The summed E-state index contributed by atoms with van der Waals surface area (Å²) in [6, 6.07) is 16.6. The smallest absolute Gasteiger partial charge is 0.344 e. The van der Waals surface area contributed by atoms with E-state index in [9.17, 15) is 9.59 Å². The molecular weight excluding hydrogens is 438 g/mol. The second-order valence-corrected chi connectivity index (χ2v) is 8.61. The summed E-state index contributed by atoms with van der Waals surface area (Å²) in [6.45, 7) is 2.04. The number of nitrogens with zero attached hydrogens (tertiary/aromatic N) is 2. The Bertz CT molecular complexity index is 1170. The van der Waals surface area contributed by atoms with Crippen molar-refractivity contribution >= 4 is 39.7 Å². The predicted molar refractivity (Wildman–Crippen MR) is 132 cm³/mol. The number of benzene rings is 2. The fourth-order valence-corrected chi connectivity index (χ4v) is 4.82. The molecule has 1 heterocycles. The molecular formula is C25H28N3O4S+. The SMILES string of the molecule is CCCCC(=O)[N+](C)(c1ccc(-c2ccccc2C(N)=NO)cc1)c1sccc1C(=O)OC. The molecule has 3 rings (SSSR count). The van der Waals surface area contributed by atoms with Crippen LogP contribution in [0.5, 0.6) is 0 Å². The normalized spacial score (nSPS) is 13.4. The first-order valence-corrected chi connectivity index (χ1v) is 11.5. The number of rotatable bonds is 8. The molecule has 0 radical (unpaired) electrons. The van der Waals surface area contributed by atoms with Crippen molar-refractivity contribution in [2.75, 3.05) is 14.2 Å². The number of methoxy groups -OCH3 is 1. The molecule has 1 unspecified atom stereocenters. The maximum atomic E-state index is 13.5. The third kappa shape index (κ3) is 4.67. The number of quaternary nitrogens is 1. The van der Waals surface area contributed by atoms with Gasteiger partial charge in [0.15, 0.2) is 5.84 Å². The second-order valence-electron chi connectivity index (χ2n) is 7.71. The number of nitrogens with two attached hydrogens (primary N) is 1. The van der Waals surface area contributed by atoms with Crippen molar-refractivity contribution in [2.24, 2.45) is 10.9 Å². The van der Waals surface area contributed by atoms with E-state index in [1.54, 1.807) is 17.5 Å². The zero-order valence-corrected chi connectivity index (χ0v) is 19.8. The Morgan fingerprint density at radius 3 is 2.42 bits per heavy atom. The van der Waals surface area contributed by atoms with Gasteiger partial charge in [-0.2, -0.15) is 4.48 Å². The van der Waals surface area contributed by atoms with E-state index in [-0.39, 0.29) is 16.2 Å². The molecule has 0 aliphatic rings. The van der Waals surface area contributed by atoms with Crippen LogP contribution in [-0.2, 0) is 9.53 Å². The number of hydrogen-bond donors (Lipinski definition) is 2. The number of amides is 1. The summed E-state index contributed by atoms with van der Waals surface area (Å²) in [5.41, 5.74) is 9.23. The molecule has 0 aliphatic carbocycles. The van der Waals surface area contributed by atoms with E-state index in [4.69, 9.17) is 15.7 Å². The lowest BCUT2D eigenvalue weighted by Crippen LogP contribution is -2.46. The van der Waals surface area contributed by atoms with Gasteiger partial charge in [0.1, 0.15) is 11.3 Å². The summed E-state index contributed by atoms with van der Waals surface area (Å²) < 4.78 is 4.82. The van der Waals surface area contributed by atoms with Crippen LogP contribution in [-0.4, -0.2) is 37.1 Å². The van der Waals surface area contributed by atoms with Crippen LogP contribution in [0, 0.1) is 0 Å². The molecule has 0 bridgehead atoms. The number of esters is 1. The first-order chi connectivity index (χ1) is 15.9. The van der Waals surface area contributed by atoms with E-state index in [1.807, 2.05) is 56.4 Å². The molecule has 3 aromatic rings. The van der Waals surface area contributed by atoms with Gasteiger partial charge in [0, 0.05) is 17.7 Å². The molecule has 0 fully saturated rings. The van der Waals surface area contributed by atoms with Crippen molar-refractivity contribution in [3.63, 3.8) is 0 Å². The lowest BCUT2D eigenvalue weighted by atomic mass is 9.98. The van der Waals surface area contributed by atoms with Gasteiger partial charge in [0.2, 0.25) is 5.00 Å². The fraction of sp³-hybridized carbons (Fsp3) is 0.240. The van der Waals surface area contributed by atoms with E-state index in [0.717, 1.165) is 29.7 Å². The third-order valence-electron chi connectivity index (χ3n) is 5.70. The lowest BCUT2D eigenvalue weighted by molar-refractivity contribution is -0.126. The number of hydrogen-bond acceptors (Lipinski definition) is 6. The van der Waals surface area contributed by atoms with E-state index < -0.39 is 5.97 Å². The molecule has 0 aliphatic heterocycles. The van der Waals surface area contributed by atoms with E-state index >= 15 is 0 Å². The predicted octanol–water partition coefficient (Wildman–Crippen LogP) is 5.28. The standard InChI is InChI=1S/C25H27N3O4S/c1-4-5-10-22(29)28(2,24-21(15-16-33-24)25(30)32-3)18-13-11-17(12-14-18)19-8-6-7-9-20(19)23(26)27-31/h6-9,11-16H,4-5,10H2,1-3H3,(H2-,26,27,31)/p+1. The summed E-state index contributed by atoms with van der Waals surface area (Å²) in [5, 5.41) is 14.7. The van der Waals surface area contributed by atoms with Crippen molar-refractivity contribution in [2.45, 2.75) is 26.2 Å². The molecule has 7 nitrogen and oxygen atoms in total. The minimum absolute atomic E-state index is 0.00531. The van der Waals surface area contributed by atoms with Crippen molar-refractivity contribution in [3.8, 4) is 11.1 Å². The molecule has 0 saturated heterocycles. The Kier molecular flexibility index (Phi) is 7.63. The Labute approximate surface area is 197 Å². The molecule has 1 aromatic heterocycles. The van der Waals surface area contributed by atoms with Gasteiger partial charge < -0.3 is 15.7 Å². The topological polar surface area (TPSA) is 102 Å². The number of thiophene rings is 1. The van der Waals surface area contributed by atoms with Crippen LogP contribution in [0.25, 0.3) is 11.1 Å². The molecule has 1 atom stereocenters. The molecule has 0 spiro atoms. The highest BCUT2D eigenvalue weighted by molar-refractivity contribution is 7.14. The van der Waals surface area contributed by atoms with Gasteiger partial charge >= 0.3 is 11.9 Å². The molecule has 172 valence electrons. The Morgan fingerprint density at radius 1 is 1.09 bits per heavy atom. The number of unbranched alkanes of at least 4 members (excludes halogenated alkanes) is 1. The van der Waals surface area contributed by atoms with Crippen LogP contribution in [0.3, 0.4) is 0 Å². The molecule has 8 heteroatoms. The van der Waals surface area contributed by atoms with Gasteiger partial charge in [0.05, 0.1) is 20.6 Å². The van der Waals surface area contributed by atoms with Crippen LogP contribution in [0.2, 0.25) is 0 Å². The van der Waals surface area contributed by atoms with Crippen molar-refractivity contribution < 1.29 is 19.5 Å². The second kappa shape index (κ2) is 10.4. The van der Waals surface area contributed by atoms with Gasteiger partial charge in [-0.15, -0.1) is 0 Å². The Hall–Kier alpha value is -3.49.